The van der Waals surface area contributed by atoms with Crippen molar-refractivity contribution < 1.29 is 14.3 Å². The minimum Gasteiger partial charge on any atom is -0.373 e. The smallest absolute Gasteiger partial charge is 0.187 e. The molecular formula is C41H54O3. The molecule has 0 aliphatic heterocycles. The van der Waals surface area contributed by atoms with E-state index in [1.807, 2.05) is 26.0 Å². The Morgan fingerprint density at radius 2 is 1.09 bits per heavy atom. The molecule has 0 fully saturated rings. The van der Waals surface area contributed by atoms with Crippen LogP contribution in [0.25, 0.3) is 0 Å². The summed E-state index contributed by atoms with van der Waals surface area (Å²) in [6, 6.07) is 0. The quantitative estimate of drug-likeness (QED) is 0.224. The highest BCUT2D eigenvalue weighted by atomic mass is 16.5. The second-order valence-corrected chi connectivity index (χ2v) is 13.5. The highest BCUT2D eigenvalue weighted by molar-refractivity contribution is 6.00. The minimum atomic E-state index is -0.349. The molecule has 2 aliphatic rings. The average Bonchev–Trinajstić information content (AvgIpc) is 2.95. The molecule has 44 heavy (non-hydrogen) atoms. The first kappa shape index (κ1) is 36.6. The fourth-order valence-corrected chi connectivity index (χ4v) is 5.62. The van der Waals surface area contributed by atoms with Gasteiger partial charge >= 0.3 is 0 Å². The Hall–Kier alpha value is -3.56. The van der Waals surface area contributed by atoms with E-state index < -0.39 is 0 Å². The molecule has 0 saturated carbocycles. The Balaban J connectivity index is 1.95. The number of methoxy groups -OCH3 is 1. The van der Waals surface area contributed by atoms with E-state index in [-0.39, 0.29) is 28.5 Å². The van der Waals surface area contributed by atoms with Gasteiger partial charge in [-0.3, -0.25) is 9.59 Å². The second-order valence-electron chi connectivity index (χ2n) is 13.5. The van der Waals surface area contributed by atoms with Crippen LogP contribution in [0.5, 0.6) is 0 Å². The maximum atomic E-state index is 12.6. The van der Waals surface area contributed by atoms with Crippen LogP contribution < -0.4 is 0 Å². The van der Waals surface area contributed by atoms with Crippen molar-refractivity contribution >= 4 is 11.6 Å². The lowest BCUT2D eigenvalue weighted by Gasteiger charge is -2.36. The van der Waals surface area contributed by atoms with Crippen LogP contribution in [0.4, 0.5) is 0 Å². The summed E-state index contributed by atoms with van der Waals surface area (Å²) < 4.78 is 5.41. The zero-order valence-corrected chi connectivity index (χ0v) is 29.0. The molecule has 1 atom stereocenters. The van der Waals surface area contributed by atoms with Gasteiger partial charge in [0.05, 0.1) is 0 Å². The van der Waals surface area contributed by atoms with Crippen molar-refractivity contribution in [3.8, 4) is 0 Å². The van der Waals surface area contributed by atoms with Crippen LogP contribution >= 0.6 is 0 Å². The van der Waals surface area contributed by atoms with E-state index in [9.17, 15) is 9.59 Å². The fraction of sp³-hybridized carbons (Fsp3) is 0.415. The topological polar surface area (TPSA) is 43.4 Å². The molecule has 1 unspecified atom stereocenters. The fourth-order valence-electron chi connectivity index (χ4n) is 5.62. The van der Waals surface area contributed by atoms with Gasteiger partial charge < -0.3 is 4.74 Å². The zero-order chi connectivity index (χ0) is 33.1. The molecule has 0 aromatic rings. The van der Waals surface area contributed by atoms with E-state index in [1.54, 1.807) is 7.11 Å². The van der Waals surface area contributed by atoms with Gasteiger partial charge in [0.25, 0.3) is 0 Å². The van der Waals surface area contributed by atoms with Crippen molar-refractivity contribution in [3.63, 3.8) is 0 Å². The minimum absolute atomic E-state index is 0.0360. The lowest BCUT2D eigenvalue weighted by molar-refractivity contribution is -0.127. The summed E-state index contributed by atoms with van der Waals surface area (Å²) in [6.07, 6.45) is 31.0. The predicted octanol–water partition coefficient (Wildman–Crippen LogP) is 10.6. The van der Waals surface area contributed by atoms with Crippen LogP contribution in [0.15, 0.2) is 130 Å². The molecule has 0 bridgehead atoms. The highest BCUT2D eigenvalue weighted by Gasteiger charge is 2.37. The summed E-state index contributed by atoms with van der Waals surface area (Å²) in [5, 5.41) is 0. The Kier molecular flexibility index (Phi) is 13.7. The van der Waals surface area contributed by atoms with E-state index in [2.05, 4.69) is 128 Å². The van der Waals surface area contributed by atoms with Crippen LogP contribution in [0.1, 0.15) is 88.5 Å². The average molecular weight is 595 g/mol. The first-order valence-electron chi connectivity index (χ1n) is 15.7. The maximum absolute atomic E-state index is 12.6. The van der Waals surface area contributed by atoms with Crippen molar-refractivity contribution in [1.29, 1.82) is 0 Å². The van der Waals surface area contributed by atoms with Gasteiger partial charge in [0.2, 0.25) is 0 Å². The van der Waals surface area contributed by atoms with Crippen LogP contribution in [0, 0.1) is 10.8 Å². The second kappa shape index (κ2) is 16.5. The van der Waals surface area contributed by atoms with E-state index in [1.165, 1.54) is 0 Å². The SMILES string of the molecule is COC1CC(C)(C)C(/C=C/C(C)=C/C=C/C(C)=C/C=C/C=C(C)/C=C/C=C(C)/C=C/C2=C(C)C(=O)CCC2(C)C)=C(C)C1=O. The van der Waals surface area contributed by atoms with Gasteiger partial charge in [0.15, 0.2) is 11.6 Å². The first-order valence-corrected chi connectivity index (χ1v) is 15.7. The number of carbonyl (C=O) groups excluding carboxylic acids is 2. The highest BCUT2D eigenvalue weighted by Crippen LogP contribution is 2.41. The lowest BCUT2D eigenvalue weighted by Crippen LogP contribution is -2.37. The Morgan fingerprint density at radius 1 is 0.659 bits per heavy atom. The standard InChI is InChI=1S/C41H54O3/c1-29(18-14-20-31(3)22-24-35-33(5)37(42)26-27-40(35,7)8)16-12-13-17-30(2)19-15-21-32(4)23-25-36-34(6)39(43)38(44-11)28-41(36,9)10/h12-25,38H,26-28H2,1-11H3/b13-12+,18-14+,19-15+,24-22+,25-23+,29-16+,30-17+,31-20+,32-21+. The molecule has 3 nitrogen and oxygen atoms in total. The van der Waals surface area contributed by atoms with Crippen molar-refractivity contribution in [2.24, 2.45) is 10.8 Å². The van der Waals surface area contributed by atoms with Gasteiger partial charge in [-0.15, -0.1) is 0 Å². The van der Waals surface area contributed by atoms with Gasteiger partial charge in [-0.25, -0.2) is 0 Å². The van der Waals surface area contributed by atoms with Gasteiger partial charge in [-0.05, 0) is 87.5 Å². The summed E-state index contributed by atoms with van der Waals surface area (Å²) in [7, 11) is 1.61. The molecule has 0 radical (unpaired) electrons. The Bertz CT molecular complexity index is 1430. The molecule has 0 N–H and O–H groups in total. The first-order chi connectivity index (χ1) is 20.6. The number of ketones is 2. The summed E-state index contributed by atoms with van der Waals surface area (Å²) in [4.78, 5) is 24.8. The normalized spacial score (nSPS) is 22.8. The van der Waals surface area contributed by atoms with Gasteiger partial charge in [-0.1, -0.05) is 135 Å². The Morgan fingerprint density at radius 3 is 1.57 bits per heavy atom. The van der Waals surface area contributed by atoms with E-state index in [0.717, 1.165) is 51.0 Å². The molecule has 0 amide bonds. The van der Waals surface area contributed by atoms with E-state index in [0.29, 0.717) is 12.8 Å². The summed E-state index contributed by atoms with van der Waals surface area (Å²) in [5.41, 5.74) is 8.43. The molecule has 2 aliphatic carbocycles. The van der Waals surface area contributed by atoms with Gasteiger partial charge in [0.1, 0.15) is 6.10 Å². The number of rotatable bonds is 11. The molecule has 0 spiro atoms. The lowest BCUT2D eigenvalue weighted by atomic mass is 9.71. The number of hydrogen-bond acceptors (Lipinski definition) is 3. The third-order valence-corrected chi connectivity index (χ3v) is 8.60. The maximum Gasteiger partial charge on any atom is 0.187 e. The number of allylic oxidation sites excluding steroid dienone is 21. The number of Topliss-reactive ketones (excluding diaryl/α,β-unsaturated/α-hetero) is 2. The zero-order valence-electron chi connectivity index (χ0n) is 29.0. The van der Waals surface area contributed by atoms with Crippen LogP contribution in [-0.2, 0) is 14.3 Å². The number of ether oxygens (including phenoxy) is 1. The van der Waals surface area contributed by atoms with E-state index >= 15 is 0 Å². The van der Waals surface area contributed by atoms with Gasteiger partial charge in [0, 0.05) is 13.5 Å². The van der Waals surface area contributed by atoms with Gasteiger partial charge in [-0.2, -0.15) is 0 Å². The summed E-state index contributed by atoms with van der Waals surface area (Å²) >= 11 is 0. The van der Waals surface area contributed by atoms with Crippen LogP contribution in [0.2, 0.25) is 0 Å². The molecule has 236 valence electrons. The predicted molar refractivity (Wildman–Crippen MR) is 188 cm³/mol. The molecule has 3 heteroatoms. The molecule has 0 heterocycles. The summed E-state index contributed by atoms with van der Waals surface area (Å²) in [5.74, 6) is 0.356. The number of hydrogen-bond donors (Lipinski definition) is 0. The van der Waals surface area contributed by atoms with E-state index in [4.69, 9.17) is 4.74 Å². The molecule has 2 rings (SSSR count). The summed E-state index contributed by atoms with van der Waals surface area (Å²) in [6.45, 7) is 20.9. The van der Waals surface area contributed by atoms with Crippen LogP contribution in [-0.4, -0.2) is 24.8 Å². The Labute approximate surface area is 267 Å². The largest absolute Gasteiger partial charge is 0.373 e. The molecule has 0 aromatic carbocycles. The molecule has 0 saturated heterocycles. The van der Waals surface area contributed by atoms with Crippen molar-refractivity contribution in [2.75, 3.05) is 7.11 Å². The molecule has 0 aromatic heterocycles. The monoisotopic (exact) mass is 594 g/mol. The number of carbonyl (C=O) groups is 2. The third kappa shape index (κ3) is 10.9. The van der Waals surface area contributed by atoms with Crippen molar-refractivity contribution in [3.05, 3.63) is 130 Å². The van der Waals surface area contributed by atoms with Crippen molar-refractivity contribution in [1.82, 2.24) is 0 Å². The van der Waals surface area contributed by atoms with Crippen LogP contribution in [0.3, 0.4) is 0 Å². The molecular weight excluding hydrogens is 540 g/mol. The third-order valence-electron chi connectivity index (χ3n) is 8.60. The van der Waals surface area contributed by atoms with Crippen molar-refractivity contribution in [2.45, 2.75) is 94.6 Å².